The molecule has 2 heteroatoms. The van der Waals surface area contributed by atoms with Crippen LogP contribution in [-0.2, 0) is 10.8 Å². The van der Waals surface area contributed by atoms with Crippen LogP contribution < -0.4 is 0 Å². The Morgan fingerprint density at radius 2 is 1.29 bits per heavy atom. The topological polar surface area (TPSA) is 0 Å². The van der Waals surface area contributed by atoms with E-state index in [-0.39, 0.29) is 0 Å². The van der Waals surface area contributed by atoms with Crippen molar-refractivity contribution in [3.8, 4) is 0 Å². The molecule has 1 radical (unpaired) electrons. The smallest absolute Gasteiger partial charge is 0.0622 e. The Morgan fingerprint density at radius 3 is 1.93 bits per heavy atom. The summed E-state index contributed by atoms with van der Waals surface area (Å²) < 4.78 is 0. The van der Waals surface area contributed by atoms with Crippen molar-refractivity contribution in [2.24, 2.45) is 0 Å². The average Bonchev–Trinajstić information content (AvgIpc) is 2.29. The summed E-state index contributed by atoms with van der Waals surface area (Å²) in [5, 5.41) is 0. The van der Waals surface area contributed by atoms with Gasteiger partial charge in [0.2, 0.25) is 4.90 Å². The molecular weight excluding hydrogens is 208 g/mol. The number of hydrogen-bond acceptors (Lipinski definition) is 2. The summed E-state index contributed by atoms with van der Waals surface area (Å²) in [5.41, 5.74) is 0. The van der Waals surface area contributed by atoms with Gasteiger partial charge in [-0.2, -0.15) is 0 Å². The summed E-state index contributed by atoms with van der Waals surface area (Å²) in [6.07, 6.45) is 0. The lowest BCUT2D eigenvalue weighted by Gasteiger charge is -1.86. The molecule has 0 spiro atoms. The van der Waals surface area contributed by atoms with Gasteiger partial charge in [-0.25, -0.2) is 0 Å². The Hall–Kier alpha value is -0.860. The predicted octanol–water partition coefficient (Wildman–Crippen LogP) is 3.84. The van der Waals surface area contributed by atoms with E-state index in [0.29, 0.717) is 0 Å². The molecule has 0 aliphatic carbocycles. The first-order chi connectivity index (χ1) is 6.95. The van der Waals surface area contributed by atoms with Crippen LogP contribution in [0.5, 0.6) is 0 Å². The van der Waals surface area contributed by atoms with E-state index in [1.165, 1.54) is 9.79 Å². The van der Waals surface area contributed by atoms with Gasteiger partial charge < -0.3 is 0 Å². The summed E-state index contributed by atoms with van der Waals surface area (Å²) in [7, 11) is 3.58. The molecule has 0 fully saturated rings. The molecule has 0 saturated heterocycles. The second kappa shape index (κ2) is 5.13. The second-order valence-electron chi connectivity index (χ2n) is 2.79. The fourth-order valence-corrected chi connectivity index (χ4v) is 3.02. The molecular formula is C12H10S2+. The minimum absolute atomic E-state index is 1.29. The van der Waals surface area contributed by atoms with Crippen LogP contribution >= 0.6 is 10.8 Å². The zero-order chi connectivity index (χ0) is 9.64. The summed E-state index contributed by atoms with van der Waals surface area (Å²) in [6, 6.07) is 20.8. The highest BCUT2D eigenvalue weighted by atomic mass is 33.1. The lowest BCUT2D eigenvalue weighted by molar-refractivity contribution is 1.46. The Bertz CT molecular complexity index is 331. The minimum Gasteiger partial charge on any atom is -0.0622 e. The predicted molar refractivity (Wildman–Crippen MR) is 64.4 cm³/mol. The van der Waals surface area contributed by atoms with Gasteiger partial charge in [-0.15, -0.1) is 0 Å². The highest BCUT2D eigenvalue weighted by Gasteiger charge is 2.12. The molecule has 0 amide bonds. The highest BCUT2D eigenvalue weighted by molar-refractivity contribution is 8.66. The van der Waals surface area contributed by atoms with Crippen molar-refractivity contribution in [2.75, 3.05) is 0 Å². The van der Waals surface area contributed by atoms with Gasteiger partial charge in [0.05, 0.1) is 4.90 Å². The molecule has 0 N–H and O–H groups in total. The van der Waals surface area contributed by atoms with Crippen LogP contribution in [-0.4, -0.2) is 0 Å². The van der Waals surface area contributed by atoms with Crippen molar-refractivity contribution >= 4 is 21.6 Å². The molecule has 14 heavy (non-hydrogen) atoms. The summed E-state index contributed by atoms with van der Waals surface area (Å²) in [5.74, 6) is 0. The molecule has 0 unspecified atom stereocenters. The van der Waals surface area contributed by atoms with Crippen LogP contribution in [0.4, 0.5) is 0 Å². The molecule has 0 aliphatic rings. The molecule has 0 nitrogen and oxygen atoms in total. The van der Waals surface area contributed by atoms with Gasteiger partial charge >= 0.3 is 10.8 Å². The molecule has 0 bridgehead atoms. The lowest BCUT2D eigenvalue weighted by Crippen LogP contribution is -1.76. The average molecular weight is 218 g/mol. The third-order valence-electron chi connectivity index (χ3n) is 1.72. The molecule has 0 heterocycles. The number of rotatable bonds is 3. The zero-order valence-corrected chi connectivity index (χ0v) is 9.22. The van der Waals surface area contributed by atoms with Gasteiger partial charge in [0.1, 0.15) is 0 Å². The van der Waals surface area contributed by atoms with E-state index < -0.39 is 0 Å². The van der Waals surface area contributed by atoms with Crippen LogP contribution in [0.25, 0.3) is 0 Å². The van der Waals surface area contributed by atoms with Gasteiger partial charge in [0, 0.05) is 0 Å². The number of hydrogen-bond donors (Lipinski definition) is 0. The van der Waals surface area contributed by atoms with Crippen molar-refractivity contribution in [3.05, 3.63) is 60.7 Å². The molecule has 0 aromatic heterocycles. The van der Waals surface area contributed by atoms with E-state index in [9.17, 15) is 0 Å². The van der Waals surface area contributed by atoms with Crippen molar-refractivity contribution in [1.29, 1.82) is 0 Å². The summed E-state index contributed by atoms with van der Waals surface area (Å²) in [6.45, 7) is 0. The van der Waals surface area contributed by atoms with E-state index in [1.807, 2.05) is 12.1 Å². The van der Waals surface area contributed by atoms with Crippen molar-refractivity contribution in [2.45, 2.75) is 9.79 Å². The van der Waals surface area contributed by atoms with E-state index in [2.05, 4.69) is 48.5 Å². The normalized spacial score (nSPS) is 10.0. The lowest BCUT2D eigenvalue weighted by atomic mass is 10.4. The Labute approximate surface area is 92.1 Å². The van der Waals surface area contributed by atoms with Gasteiger partial charge in [0.25, 0.3) is 0 Å². The van der Waals surface area contributed by atoms with Gasteiger partial charge in [-0.05, 0) is 24.3 Å². The SMILES string of the molecule is c1ccc(S[S+]c2ccccc2)cc1. The van der Waals surface area contributed by atoms with Crippen molar-refractivity contribution in [3.63, 3.8) is 0 Å². The third kappa shape index (κ3) is 2.82. The minimum atomic E-state index is 1.29. The van der Waals surface area contributed by atoms with Crippen LogP contribution in [0.3, 0.4) is 0 Å². The first-order valence-electron chi connectivity index (χ1n) is 4.40. The van der Waals surface area contributed by atoms with Crippen LogP contribution in [0.15, 0.2) is 70.5 Å². The summed E-state index contributed by atoms with van der Waals surface area (Å²) >= 11 is 0. The van der Waals surface area contributed by atoms with Crippen molar-refractivity contribution in [1.82, 2.24) is 0 Å². The first kappa shape index (κ1) is 9.69. The zero-order valence-electron chi connectivity index (χ0n) is 7.59. The molecule has 2 aromatic rings. The highest BCUT2D eigenvalue weighted by Crippen LogP contribution is 2.22. The van der Waals surface area contributed by atoms with Crippen LogP contribution in [0.2, 0.25) is 0 Å². The maximum atomic E-state index is 2.13. The Kier molecular flexibility index (Phi) is 3.55. The maximum absolute atomic E-state index is 2.13. The monoisotopic (exact) mass is 218 g/mol. The van der Waals surface area contributed by atoms with Gasteiger partial charge in [0.15, 0.2) is 10.8 Å². The van der Waals surface area contributed by atoms with Crippen molar-refractivity contribution < 1.29 is 0 Å². The third-order valence-corrected chi connectivity index (χ3v) is 4.14. The Morgan fingerprint density at radius 1 is 0.714 bits per heavy atom. The molecule has 0 aliphatic heterocycles. The first-order valence-corrected chi connectivity index (χ1v) is 6.55. The molecule has 2 rings (SSSR count). The second-order valence-corrected chi connectivity index (χ2v) is 5.07. The number of benzene rings is 2. The van der Waals surface area contributed by atoms with E-state index in [4.69, 9.17) is 0 Å². The molecule has 69 valence electrons. The van der Waals surface area contributed by atoms with Crippen LogP contribution in [0.1, 0.15) is 0 Å². The van der Waals surface area contributed by atoms with E-state index >= 15 is 0 Å². The fourth-order valence-electron chi connectivity index (χ4n) is 1.05. The molecule has 0 saturated carbocycles. The maximum Gasteiger partial charge on any atom is 0.330 e. The van der Waals surface area contributed by atoms with Gasteiger partial charge in [-0.1, -0.05) is 36.4 Å². The molecule has 2 aromatic carbocycles. The van der Waals surface area contributed by atoms with E-state index in [0.717, 1.165) is 0 Å². The van der Waals surface area contributed by atoms with Crippen LogP contribution in [0, 0.1) is 0 Å². The largest absolute Gasteiger partial charge is 0.330 e. The standard InChI is InChI=1S/C12H10S2/c1-3-7-11(8-4-1)13-14-12-9-5-2-6-10-12/h1-10H/q+1. The van der Waals surface area contributed by atoms with Gasteiger partial charge in [-0.3, -0.25) is 0 Å². The summed E-state index contributed by atoms with van der Waals surface area (Å²) in [4.78, 5) is 2.59. The Balaban J connectivity index is 1.96. The van der Waals surface area contributed by atoms with E-state index in [1.54, 1.807) is 21.6 Å². The molecule has 0 atom stereocenters. The fraction of sp³-hybridized carbons (Fsp3) is 0. The quantitative estimate of drug-likeness (QED) is 0.567.